The van der Waals surface area contributed by atoms with Crippen LogP contribution in [-0.2, 0) is 14.6 Å². The zero-order chi connectivity index (χ0) is 20.5. The summed E-state index contributed by atoms with van der Waals surface area (Å²) in [4.78, 5) is 15.3. The Kier molecular flexibility index (Phi) is 6.12. The van der Waals surface area contributed by atoms with Gasteiger partial charge in [-0.1, -0.05) is 23.2 Å². The Morgan fingerprint density at radius 1 is 1.25 bits per heavy atom. The summed E-state index contributed by atoms with van der Waals surface area (Å²) in [5, 5.41) is 8.62. The number of carbonyl (C=O) groups is 1. The minimum Gasteiger partial charge on any atom is -0.492 e. The lowest BCUT2D eigenvalue weighted by Crippen LogP contribution is -2.23. The summed E-state index contributed by atoms with van der Waals surface area (Å²) >= 11 is 11.6. The van der Waals surface area contributed by atoms with Crippen LogP contribution >= 0.6 is 23.2 Å². The molecule has 0 aliphatic heterocycles. The molecule has 1 N–H and O–H groups in total. The lowest BCUT2D eigenvalue weighted by Gasteiger charge is -2.16. The van der Waals surface area contributed by atoms with Gasteiger partial charge in [-0.15, -0.1) is 0 Å². The first-order valence-corrected chi connectivity index (χ1v) is 10.6. The molecule has 6 nitrogen and oxygen atoms in total. The van der Waals surface area contributed by atoms with Crippen molar-refractivity contribution in [2.75, 3.05) is 6.61 Å². The monoisotopic (exact) mass is 447 g/mol. The first kappa shape index (κ1) is 20.8. The fourth-order valence-corrected chi connectivity index (χ4v) is 5.86. The Labute approximate surface area is 171 Å². The van der Waals surface area contributed by atoms with E-state index in [1.54, 1.807) is 6.07 Å². The van der Waals surface area contributed by atoms with Crippen LogP contribution in [0.5, 0.6) is 5.75 Å². The van der Waals surface area contributed by atoms with Crippen molar-refractivity contribution in [3.05, 3.63) is 52.5 Å². The van der Waals surface area contributed by atoms with Crippen LogP contribution < -0.4 is 4.74 Å². The molecule has 3 rings (SSSR count). The van der Waals surface area contributed by atoms with Gasteiger partial charge in [0.25, 0.3) is 0 Å². The maximum Gasteiger partial charge on any atom is 0.306 e. The number of aromatic nitrogens is 1. The third kappa shape index (κ3) is 4.39. The average molecular weight is 448 g/mol. The maximum atomic E-state index is 13.2. The van der Waals surface area contributed by atoms with Crippen molar-refractivity contribution in [2.45, 2.75) is 23.0 Å². The molecule has 2 aromatic rings. The minimum atomic E-state index is -3.92. The van der Waals surface area contributed by atoms with Crippen molar-refractivity contribution < 1.29 is 27.4 Å². The van der Waals surface area contributed by atoms with E-state index in [4.69, 9.17) is 27.9 Å². The highest BCUT2D eigenvalue weighted by Crippen LogP contribution is 2.40. The van der Waals surface area contributed by atoms with Crippen LogP contribution in [0.25, 0.3) is 0 Å². The Hall–Kier alpha value is -1.90. The van der Waals surface area contributed by atoms with E-state index >= 15 is 0 Å². The van der Waals surface area contributed by atoms with E-state index in [1.807, 2.05) is 0 Å². The smallest absolute Gasteiger partial charge is 0.306 e. The number of halogens is 3. The molecule has 1 saturated carbocycles. The topological polar surface area (TPSA) is 93.6 Å². The fraction of sp³-hybridized carbons (Fsp3) is 0.333. The Bertz CT molecular complexity index is 984. The number of hydrogen-bond donors (Lipinski definition) is 1. The second-order valence-corrected chi connectivity index (χ2v) is 9.54. The lowest BCUT2D eigenvalue weighted by atomic mass is 9.97. The number of ether oxygens (including phenoxy) is 1. The summed E-state index contributed by atoms with van der Waals surface area (Å²) in [6.07, 6.45) is 1.42. The quantitative estimate of drug-likeness (QED) is 0.533. The van der Waals surface area contributed by atoms with Gasteiger partial charge in [-0.25, -0.2) is 17.8 Å². The molecule has 1 aliphatic rings. The molecule has 0 bridgehead atoms. The van der Waals surface area contributed by atoms with Gasteiger partial charge in [-0.2, -0.15) is 0 Å². The molecule has 10 heteroatoms. The van der Waals surface area contributed by atoms with Gasteiger partial charge in [0.15, 0.2) is 9.84 Å². The molecule has 1 heterocycles. The van der Waals surface area contributed by atoms with Crippen LogP contribution in [0.3, 0.4) is 0 Å². The normalized spacial score (nSPS) is 22.2. The summed E-state index contributed by atoms with van der Waals surface area (Å²) in [6.45, 7) is 0.0173. The van der Waals surface area contributed by atoms with Gasteiger partial charge in [-0.3, -0.25) is 4.79 Å². The number of sulfone groups is 1. The van der Waals surface area contributed by atoms with Gasteiger partial charge < -0.3 is 9.84 Å². The van der Waals surface area contributed by atoms with E-state index in [0.717, 1.165) is 18.2 Å². The highest BCUT2D eigenvalue weighted by Gasteiger charge is 2.45. The predicted molar refractivity (Wildman–Crippen MR) is 101 cm³/mol. The third-order valence-electron chi connectivity index (χ3n) is 4.77. The summed E-state index contributed by atoms with van der Waals surface area (Å²) in [5.74, 6) is -2.75. The van der Waals surface area contributed by atoms with E-state index in [0.29, 0.717) is 10.9 Å². The molecule has 1 aromatic heterocycles. The molecule has 0 saturated heterocycles. The zero-order valence-corrected chi connectivity index (χ0v) is 16.7. The third-order valence-corrected chi connectivity index (χ3v) is 7.65. The molecule has 1 fully saturated rings. The predicted octanol–water partition coefficient (Wildman–Crippen LogP) is 3.86. The Morgan fingerprint density at radius 3 is 2.61 bits per heavy atom. The van der Waals surface area contributed by atoms with Crippen LogP contribution in [0.1, 0.15) is 12.8 Å². The van der Waals surface area contributed by atoms with Crippen molar-refractivity contribution in [1.82, 2.24) is 4.98 Å². The number of carboxylic acid groups (broad SMARTS) is 1. The van der Waals surface area contributed by atoms with Gasteiger partial charge in [0.1, 0.15) is 16.7 Å². The SMILES string of the molecule is O=C(O)[C@@H]1C[C@@H](S(=O)(=O)c2ccc(F)cc2Cl)C[C@H]1COc1ccc(Cl)nc1. The second kappa shape index (κ2) is 8.23. The Balaban J connectivity index is 1.78. The number of rotatable bonds is 6. The van der Waals surface area contributed by atoms with Crippen LogP contribution in [-0.4, -0.2) is 36.3 Å². The van der Waals surface area contributed by atoms with Gasteiger partial charge >= 0.3 is 5.97 Å². The van der Waals surface area contributed by atoms with Crippen LogP contribution in [0, 0.1) is 17.7 Å². The van der Waals surface area contributed by atoms with Gasteiger partial charge in [0.2, 0.25) is 0 Å². The van der Waals surface area contributed by atoms with E-state index in [-0.39, 0.29) is 29.4 Å². The fourth-order valence-electron chi connectivity index (χ4n) is 3.35. The number of benzene rings is 1. The number of hydrogen-bond acceptors (Lipinski definition) is 5. The molecule has 0 unspecified atom stereocenters. The van der Waals surface area contributed by atoms with E-state index in [1.165, 1.54) is 12.3 Å². The number of carboxylic acids is 1. The summed E-state index contributed by atoms with van der Waals surface area (Å²) < 4.78 is 44.7. The van der Waals surface area contributed by atoms with Crippen molar-refractivity contribution in [2.24, 2.45) is 11.8 Å². The first-order chi connectivity index (χ1) is 13.2. The summed E-state index contributed by atoms with van der Waals surface area (Å²) in [7, 11) is -3.92. The highest BCUT2D eigenvalue weighted by atomic mass is 35.5. The van der Waals surface area contributed by atoms with Gasteiger partial charge in [-0.05, 0) is 43.2 Å². The van der Waals surface area contributed by atoms with E-state index < -0.39 is 38.7 Å². The van der Waals surface area contributed by atoms with Crippen molar-refractivity contribution in [3.63, 3.8) is 0 Å². The molecular weight excluding hydrogens is 432 g/mol. The molecule has 0 spiro atoms. The lowest BCUT2D eigenvalue weighted by molar-refractivity contribution is -0.143. The summed E-state index contributed by atoms with van der Waals surface area (Å²) in [5.41, 5.74) is 0. The van der Waals surface area contributed by atoms with Crippen LogP contribution in [0.15, 0.2) is 41.4 Å². The van der Waals surface area contributed by atoms with Crippen LogP contribution in [0.2, 0.25) is 10.2 Å². The van der Waals surface area contributed by atoms with Crippen LogP contribution in [0.4, 0.5) is 4.39 Å². The van der Waals surface area contributed by atoms with Crippen molar-refractivity contribution in [3.8, 4) is 5.75 Å². The average Bonchev–Trinajstić information content (AvgIpc) is 3.06. The molecule has 3 atom stereocenters. The molecule has 1 aliphatic carbocycles. The van der Waals surface area contributed by atoms with Crippen molar-refractivity contribution in [1.29, 1.82) is 0 Å². The number of aliphatic carboxylic acids is 1. The van der Waals surface area contributed by atoms with Gasteiger partial charge in [0.05, 0.1) is 33.9 Å². The second-order valence-electron chi connectivity index (χ2n) is 6.55. The minimum absolute atomic E-state index is 0.0173. The molecule has 28 heavy (non-hydrogen) atoms. The number of pyridine rings is 1. The molecular formula is C18H16Cl2FNO5S. The molecule has 1 aromatic carbocycles. The highest BCUT2D eigenvalue weighted by molar-refractivity contribution is 7.92. The first-order valence-electron chi connectivity index (χ1n) is 8.34. The Morgan fingerprint density at radius 2 is 2.00 bits per heavy atom. The van der Waals surface area contributed by atoms with E-state index in [9.17, 15) is 22.7 Å². The van der Waals surface area contributed by atoms with Crippen molar-refractivity contribution >= 4 is 39.0 Å². The molecule has 150 valence electrons. The maximum absolute atomic E-state index is 13.2. The summed E-state index contributed by atoms with van der Waals surface area (Å²) in [6, 6.07) is 6.16. The molecule has 0 amide bonds. The number of nitrogens with zero attached hydrogens (tertiary/aromatic N) is 1. The van der Waals surface area contributed by atoms with Gasteiger partial charge in [0, 0.05) is 5.92 Å². The standard InChI is InChI=1S/C18H16Cl2FNO5S/c19-15-6-11(21)1-3-16(15)28(25,26)13-5-10(14(7-13)18(23)24)9-27-12-2-4-17(20)22-8-12/h1-4,6,8,10,13-14H,5,7,9H2,(H,23,24)/t10-,13-,14+/m0/s1. The van der Waals surface area contributed by atoms with E-state index in [2.05, 4.69) is 4.98 Å². The zero-order valence-electron chi connectivity index (χ0n) is 14.4. The molecule has 0 radical (unpaired) electrons. The largest absolute Gasteiger partial charge is 0.492 e.